The van der Waals surface area contributed by atoms with Crippen LogP contribution in [0.5, 0.6) is 0 Å². The third kappa shape index (κ3) is 5.05. The number of hydrogen-bond acceptors (Lipinski definition) is 5. The Hall–Kier alpha value is -2.74. The van der Waals surface area contributed by atoms with Crippen LogP contribution >= 0.6 is 34.7 Å². The minimum absolute atomic E-state index is 0.125. The number of aromatic nitrogens is 1. The van der Waals surface area contributed by atoms with E-state index in [9.17, 15) is 9.59 Å². The molecule has 4 aromatic rings. The molecule has 0 radical (unpaired) electrons. The molecule has 1 unspecified atom stereocenters. The van der Waals surface area contributed by atoms with Crippen molar-refractivity contribution in [1.82, 2.24) is 4.57 Å². The van der Waals surface area contributed by atoms with E-state index in [1.54, 1.807) is 6.92 Å². The van der Waals surface area contributed by atoms with Gasteiger partial charge in [-0.25, -0.2) is 4.79 Å². The number of nitrogens with one attached hydrogen (secondary N) is 1. The first-order valence-corrected chi connectivity index (χ1v) is 14.1. The Balaban J connectivity index is 1.36. The number of rotatable bonds is 8. The van der Waals surface area contributed by atoms with Gasteiger partial charge < -0.3 is 14.6 Å². The number of hydrogen-bond donors (Lipinski definition) is 1. The lowest BCUT2D eigenvalue weighted by Crippen LogP contribution is -2.23. The topological polar surface area (TPSA) is 60.3 Å². The zero-order chi connectivity index (χ0) is 25.2. The zero-order valence-electron chi connectivity index (χ0n) is 20.2. The lowest BCUT2D eigenvalue weighted by atomic mass is 10.1. The zero-order valence-corrected chi connectivity index (χ0v) is 22.6. The molecule has 2 aromatic heterocycles. The number of amides is 1. The fraction of sp³-hybridized carbons (Fsp3) is 0.286. The van der Waals surface area contributed by atoms with Crippen LogP contribution < -0.4 is 5.32 Å². The monoisotopic (exact) mass is 538 g/mol. The van der Waals surface area contributed by atoms with E-state index in [2.05, 4.69) is 28.2 Å². The average Bonchev–Trinajstić information content (AvgIpc) is 3.54. The van der Waals surface area contributed by atoms with Crippen molar-refractivity contribution in [2.45, 2.75) is 49.8 Å². The smallest absolute Gasteiger partial charge is 0.341 e. The van der Waals surface area contributed by atoms with Crippen molar-refractivity contribution >= 4 is 62.5 Å². The van der Waals surface area contributed by atoms with Crippen LogP contribution in [-0.4, -0.2) is 28.3 Å². The van der Waals surface area contributed by atoms with Gasteiger partial charge in [-0.05, 0) is 62.4 Å². The SMILES string of the molecule is CCOC(=O)c1c(NC(=O)C(C)Sc2cn(Cc3ccc(Cl)cc3)c3ccccc23)sc2c1CCC2. The molecule has 8 heteroatoms. The molecule has 1 amide bonds. The van der Waals surface area contributed by atoms with Crippen LogP contribution in [0.25, 0.3) is 10.9 Å². The van der Waals surface area contributed by atoms with Crippen LogP contribution in [0.15, 0.2) is 59.6 Å². The number of fused-ring (bicyclic) bond motifs is 2. The van der Waals surface area contributed by atoms with Gasteiger partial charge in [-0.1, -0.05) is 41.9 Å². The van der Waals surface area contributed by atoms with E-state index in [0.717, 1.165) is 46.2 Å². The van der Waals surface area contributed by atoms with Crippen LogP contribution in [0, 0.1) is 0 Å². The predicted octanol–water partition coefficient (Wildman–Crippen LogP) is 7.19. The van der Waals surface area contributed by atoms with Crippen LogP contribution in [-0.2, 0) is 28.9 Å². The number of aryl methyl sites for hydroxylation is 1. The maximum absolute atomic E-state index is 13.2. The summed E-state index contributed by atoms with van der Waals surface area (Å²) in [6.07, 6.45) is 4.94. The van der Waals surface area contributed by atoms with Gasteiger partial charge in [-0.15, -0.1) is 23.1 Å². The largest absolute Gasteiger partial charge is 0.462 e. The molecule has 2 aromatic carbocycles. The minimum Gasteiger partial charge on any atom is -0.462 e. The second-order valence-electron chi connectivity index (χ2n) is 8.80. The minimum atomic E-state index is -0.355. The summed E-state index contributed by atoms with van der Waals surface area (Å²) in [6, 6.07) is 16.1. The van der Waals surface area contributed by atoms with Crippen molar-refractivity contribution < 1.29 is 14.3 Å². The normalized spacial score (nSPS) is 13.5. The number of carbonyl (C=O) groups is 2. The van der Waals surface area contributed by atoms with Gasteiger partial charge in [-0.3, -0.25) is 4.79 Å². The Bertz CT molecular complexity index is 1420. The lowest BCUT2D eigenvalue weighted by Gasteiger charge is -2.12. The second kappa shape index (κ2) is 10.7. The van der Waals surface area contributed by atoms with E-state index >= 15 is 0 Å². The highest BCUT2D eigenvalue weighted by Gasteiger charge is 2.29. The van der Waals surface area contributed by atoms with E-state index in [1.807, 2.05) is 43.3 Å². The molecule has 0 fully saturated rings. The first kappa shape index (κ1) is 24.9. The lowest BCUT2D eigenvalue weighted by molar-refractivity contribution is -0.115. The first-order chi connectivity index (χ1) is 17.4. The predicted molar refractivity (Wildman–Crippen MR) is 149 cm³/mol. The van der Waals surface area contributed by atoms with Crippen molar-refractivity contribution in [1.29, 1.82) is 0 Å². The highest BCUT2D eigenvalue weighted by molar-refractivity contribution is 8.00. The standard InChI is InChI=1S/C28H27ClN2O3S2/c1-3-34-28(33)25-21-8-6-10-23(21)36-27(25)30-26(32)17(2)35-24-16-31(22-9-5-4-7-20(22)24)15-18-11-13-19(29)14-12-18/h4-5,7,9,11-14,16-17H,3,6,8,10,15H2,1-2H3,(H,30,32). The summed E-state index contributed by atoms with van der Waals surface area (Å²) in [5, 5.41) is 5.12. The van der Waals surface area contributed by atoms with Crippen molar-refractivity contribution in [3.05, 3.63) is 81.3 Å². The number of benzene rings is 2. The van der Waals surface area contributed by atoms with Crippen LogP contribution in [0.4, 0.5) is 5.00 Å². The molecular formula is C28H27ClN2O3S2. The quantitative estimate of drug-likeness (QED) is 0.190. The van der Waals surface area contributed by atoms with E-state index in [1.165, 1.54) is 28.0 Å². The Morgan fingerprint density at radius 3 is 2.72 bits per heavy atom. The van der Waals surface area contributed by atoms with Gasteiger partial charge in [0.15, 0.2) is 0 Å². The van der Waals surface area contributed by atoms with Crippen LogP contribution in [0.2, 0.25) is 5.02 Å². The first-order valence-electron chi connectivity index (χ1n) is 12.1. The molecule has 5 rings (SSSR count). The van der Waals surface area contributed by atoms with E-state index in [4.69, 9.17) is 16.3 Å². The molecule has 186 valence electrons. The van der Waals surface area contributed by atoms with Gasteiger partial charge in [0.1, 0.15) is 5.00 Å². The number of ether oxygens (including phenoxy) is 1. The van der Waals surface area contributed by atoms with Crippen LogP contribution in [0.3, 0.4) is 0 Å². The van der Waals surface area contributed by atoms with Crippen LogP contribution in [0.1, 0.15) is 46.6 Å². The fourth-order valence-corrected chi connectivity index (χ4v) is 7.03. The van der Waals surface area contributed by atoms with E-state index in [0.29, 0.717) is 28.7 Å². The molecule has 0 saturated carbocycles. The van der Waals surface area contributed by atoms with Gasteiger partial charge >= 0.3 is 5.97 Å². The number of thioether (sulfide) groups is 1. The number of nitrogens with zero attached hydrogens (tertiary/aromatic N) is 1. The summed E-state index contributed by atoms with van der Waals surface area (Å²) in [5.41, 5.74) is 3.85. The van der Waals surface area contributed by atoms with Gasteiger partial charge in [0.25, 0.3) is 0 Å². The number of halogens is 1. The summed E-state index contributed by atoms with van der Waals surface area (Å²) in [5.74, 6) is -0.474. The van der Waals surface area contributed by atoms with E-state index < -0.39 is 0 Å². The summed E-state index contributed by atoms with van der Waals surface area (Å²) >= 11 is 9.08. The van der Waals surface area contributed by atoms with E-state index in [-0.39, 0.29) is 17.1 Å². The Morgan fingerprint density at radius 1 is 1.17 bits per heavy atom. The van der Waals surface area contributed by atoms with Crippen molar-refractivity contribution in [3.63, 3.8) is 0 Å². The molecule has 1 N–H and O–H groups in total. The number of para-hydroxylation sites is 1. The Labute approximate surface area is 223 Å². The number of esters is 1. The molecular weight excluding hydrogens is 512 g/mol. The molecule has 1 aliphatic carbocycles. The number of anilines is 1. The third-order valence-corrected chi connectivity index (χ3v) is 8.93. The highest BCUT2D eigenvalue weighted by atomic mass is 35.5. The Morgan fingerprint density at radius 2 is 1.94 bits per heavy atom. The molecule has 0 aliphatic heterocycles. The molecule has 0 spiro atoms. The summed E-state index contributed by atoms with van der Waals surface area (Å²) < 4.78 is 7.50. The molecule has 5 nitrogen and oxygen atoms in total. The highest BCUT2D eigenvalue weighted by Crippen LogP contribution is 2.40. The van der Waals surface area contributed by atoms with Gasteiger partial charge in [0.05, 0.1) is 17.4 Å². The van der Waals surface area contributed by atoms with Crippen molar-refractivity contribution in [3.8, 4) is 0 Å². The summed E-state index contributed by atoms with van der Waals surface area (Å²) in [4.78, 5) is 28.1. The molecule has 1 atom stereocenters. The summed E-state index contributed by atoms with van der Waals surface area (Å²) in [7, 11) is 0. The molecule has 0 saturated heterocycles. The molecule has 2 heterocycles. The van der Waals surface area contributed by atoms with Crippen molar-refractivity contribution in [2.24, 2.45) is 0 Å². The molecule has 0 bridgehead atoms. The fourth-order valence-electron chi connectivity index (χ4n) is 4.59. The number of thiophene rings is 1. The van der Waals surface area contributed by atoms with Crippen molar-refractivity contribution in [2.75, 3.05) is 11.9 Å². The van der Waals surface area contributed by atoms with Gasteiger partial charge in [0, 0.05) is 38.4 Å². The molecule has 36 heavy (non-hydrogen) atoms. The maximum atomic E-state index is 13.2. The second-order valence-corrected chi connectivity index (χ2v) is 11.7. The Kier molecular flexibility index (Phi) is 7.42. The molecule has 1 aliphatic rings. The number of carbonyl (C=O) groups excluding carboxylic acids is 2. The third-order valence-electron chi connectivity index (χ3n) is 6.33. The average molecular weight is 539 g/mol. The van der Waals surface area contributed by atoms with Gasteiger partial charge in [-0.2, -0.15) is 0 Å². The van der Waals surface area contributed by atoms with Gasteiger partial charge in [0.2, 0.25) is 5.91 Å². The maximum Gasteiger partial charge on any atom is 0.341 e. The summed E-state index contributed by atoms with van der Waals surface area (Å²) in [6.45, 7) is 4.72.